The number of carbonyl (C=O) groups is 1. The van der Waals surface area contributed by atoms with Crippen LogP contribution in [0.25, 0.3) is 0 Å². The number of rotatable bonds is 2. The topological polar surface area (TPSA) is 73.4 Å². The van der Waals surface area contributed by atoms with Gasteiger partial charge in [-0.15, -0.1) is 0 Å². The summed E-state index contributed by atoms with van der Waals surface area (Å²) in [5.41, 5.74) is -1.02. The van der Waals surface area contributed by atoms with Crippen molar-refractivity contribution in [3.05, 3.63) is 11.6 Å². The Labute approximate surface area is 155 Å². The van der Waals surface area contributed by atoms with Crippen LogP contribution in [0.15, 0.2) is 4.42 Å². The number of anilines is 1. The van der Waals surface area contributed by atoms with Gasteiger partial charge >= 0.3 is 6.18 Å². The van der Waals surface area contributed by atoms with Crippen molar-refractivity contribution in [2.45, 2.75) is 51.7 Å². The molecule has 0 bridgehead atoms. The van der Waals surface area contributed by atoms with Crippen molar-refractivity contribution in [2.75, 3.05) is 24.5 Å². The van der Waals surface area contributed by atoms with Crippen molar-refractivity contribution in [1.82, 2.24) is 9.88 Å². The van der Waals surface area contributed by atoms with Crippen LogP contribution in [-0.2, 0) is 4.79 Å². The zero-order valence-electron chi connectivity index (χ0n) is 15.6. The van der Waals surface area contributed by atoms with E-state index < -0.39 is 17.6 Å². The second-order valence-electron chi connectivity index (χ2n) is 7.79. The maximum atomic E-state index is 13.3. The smallest absolute Gasteiger partial charge is 0.394 e. The zero-order valence-corrected chi connectivity index (χ0v) is 15.6. The SMILES string of the molecule is Cc1nc(C#N)c(N2CCC(C(=O)N3CCC(C(F)(F)F)C3(C)C)CC2)o1. The molecule has 0 aliphatic carbocycles. The fourth-order valence-electron chi connectivity index (χ4n) is 4.30. The molecule has 1 amide bonds. The van der Waals surface area contributed by atoms with E-state index in [9.17, 15) is 18.0 Å². The predicted octanol–water partition coefficient (Wildman–Crippen LogP) is 3.26. The Balaban J connectivity index is 1.66. The predicted molar refractivity (Wildman–Crippen MR) is 90.8 cm³/mol. The summed E-state index contributed by atoms with van der Waals surface area (Å²) in [4.78, 5) is 20.2. The second-order valence-corrected chi connectivity index (χ2v) is 7.79. The van der Waals surface area contributed by atoms with Gasteiger partial charge in [-0.2, -0.15) is 18.4 Å². The molecule has 2 fully saturated rings. The molecule has 1 atom stereocenters. The second kappa shape index (κ2) is 6.73. The minimum absolute atomic E-state index is 0.0516. The van der Waals surface area contributed by atoms with Crippen molar-refractivity contribution in [1.29, 1.82) is 5.26 Å². The van der Waals surface area contributed by atoms with Gasteiger partial charge in [0.15, 0.2) is 5.89 Å². The average Bonchev–Trinajstić information content (AvgIpc) is 3.12. The molecule has 0 radical (unpaired) electrons. The number of aromatic nitrogens is 1. The molecule has 27 heavy (non-hydrogen) atoms. The molecule has 0 aromatic carbocycles. The number of aryl methyl sites for hydroxylation is 1. The summed E-state index contributed by atoms with van der Waals surface area (Å²) in [5.74, 6) is -1.22. The molecule has 1 unspecified atom stereocenters. The molecule has 2 aliphatic rings. The number of nitriles is 1. The molecule has 2 aliphatic heterocycles. The highest BCUT2D eigenvalue weighted by molar-refractivity contribution is 5.80. The molecular weight excluding hydrogens is 361 g/mol. The summed E-state index contributed by atoms with van der Waals surface area (Å²) >= 11 is 0. The Bertz CT molecular complexity index is 758. The zero-order chi connectivity index (χ0) is 20.0. The summed E-state index contributed by atoms with van der Waals surface area (Å²) in [7, 11) is 0. The van der Waals surface area contributed by atoms with Gasteiger partial charge in [-0.1, -0.05) is 0 Å². The van der Waals surface area contributed by atoms with E-state index in [0.717, 1.165) is 0 Å². The molecular formula is C18H23F3N4O2. The Morgan fingerprint density at radius 2 is 1.89 bits per heavy atom. The van der Waals surface area contributed by atoms with Crippen molar-refractivity contribution >= 4 is 11.8 Å². The van der Waals surface area contributed by atoms with Crippen LogP contribution in [0, 0.1) is 30.1 Å². The first-order valence-corrected chi connectivity index (χ1v) is 9.06. The molecule has 9 heteroatoms. The molecule has 3 heterocycles. The van der Waals surface area contributed by atoms with Gasteiger partial charge in [0.05, 0.1) is 5.92 Å². The van der Waals surface area contributed by atoms with Crippen LogP contribution in [0.3, 0.4) is 0 Å². The average molecular weight is 384 g/mol. The van der Waals surface area contributed by atoms with Crippen molar-refractivity contribution in [2.24, 2.45) is 11.8 Å². The number of carbonyl (C=O) groups excluding carboxylic acids is 1. The first-order chi connectivity index (χ1) is 12.6. The lowest BCUT2D eigenvalue weighted by Gasteiger charge is -2.40. The Hall–Kier alpha value is -2.24. The molecule has 148 valence electrons. The monoisotopic (exact) mass is 384 g/mol. The highest BCUT2D eigenvalue weighted by Gasteiger charge is 2.56. The molecule has 1 aromatic heterocycles. The number of alkyl halides is 3. The van der Waals surface area contributed by atoms with Crippen molar-refractivity contribution in [3.63, 3.8) is 0 Å². The van der Waals surface area contributed by atoms with Gasteiger partial charge in [0.1, 0.15) is 6.07 Å². The standard InChI is InChI=1S/C18H23F3N4O2/c1-11-23-13(10-22)16(27-11)24-7-4-12(5-8-24)15(26)25-9-6-14(17(25,2)3)18(19,20)21/h12,14H,4-9H2,1-3H3. The van der Waals surface area contributed by atoms with E-state index in [0.29, 0.717) is 37.7 Å². The first kappa shape index (κ1) is 19.5. The van der Waals surface area contributed by atoms with Gasteiger partial charge in [-0.25, -0.2) is 4.98 Å². The lowest BCUT2D eigenvalue weighted by Crippen LogP contribution is -2.52. The van der Waals surface area contributed by atoms with E-state index in [-0.39, 0.29) is 30.5 Å². The third-order valence-electron chi connectivity index (χ3n) is 5.80. The maximum absolute atomic E-state index is 13.3. The maximum Gasteiger partial charge on any atom is 0.394 e. The molecule has 0 N–H and O–H groups in total. The van der Waals surface area contributed by atoms with E-state index in [4.69, 9.17) is 9.68 Å². The Morgan fingerprint density at radius 3 is 2.41 bits per heavy atom. The van der Waals surface area contributed by atoms with Gasteiger partial charge in [-0.3, -0.25) is 4.79 Å². The number of hydrogen-bond acceptors (Lipinski definition) is 5. The minimum Gasteiger partial charge on any atom is -0.424 e. The third kappa shape index (κ3) is 3.49. The number of nitrogens with zero attached hydrogens (tertiary/aromatic N) is 4. The van der Waals surface area contributed by atoms with E-state index in [1.165, 1.54) is 18.7 Å². The fraction of sp³-hybridized carbons (Fsp3) is 0.722. The van der Waals surface area contributed by atoms with Crippen LogP contribution in [0.1, 0.15) is 44.7 Å². The number of piperidine rings is 1. The summed E-state index contributed by atoms with van der Waals surface area (Å²) in [6.07, 6.45) is -3.34. The van der Waals surface area contributed by atoms with Crippen LogP contribution in [0.5, 0.6) is 0 Å². The fourth-order valence-corrected chi connectivity index (χ4v) is 4.30. The minimum atomic E-state index is -4.31. The van der Waals surface area contributed by atoms with Crippen LogP contribution in [-0.4, -0.2) is 47.1 Å². The normalized spacial score (nSPS) is 23.5. The molecule has 0 saturated carbocycles. The van der Waals surface area contributed by atoms with Crippen LogP contribution < -0.4 is 4.90 Å². The number of oxazole rings is 1. The largest absolute Gasteiger partial charge is 0.424 e. The van der Waals surface area contributed by atoms with Gasteiger partial charge in [0.25, 0.3) is 0 Å². The summed E-state index contributed by atoms with van der Waals surface area (Å²) in [6.45, 7) is 5.79. The molecule has 1 aromatic rings. The Morgan fingerprint density at radius 1 is 1.26 bits per heavy atom. The highest BCUT2D eigenvalue weighted by atomic mass is 19.4. The van der Waals surface area contributed by atoms with Crippen molar-refractivity contribution in [3.8, 4) is 6.07 Å². The van der Waals surface area contributed by atoms with Crippen LogP contribution in [0.2, 0.25) is 0 Å². The number of hydrogen-bond donors (Lipinski definition) is 0. The van der Waals surface area contributed by atoms with Gasteiger partial charge in [0, 0.05) is 38.0 Å². The van der Waals surface area contributed by atoms with E-state index in [2.05, 4.69) is 4.98 Å². The number of halogens is 3. The van der Waals surface area contributed by atoms with Gasteiger partial charge < -0.3 is 14.2 Å². The number of likely N-dealkylation sites (tertiary alicyclic amines) is 1. The molecule has 2 saturated heterocycles. The van der Waals surface area contributed by atoms with E-state index in [1.807, 2.05) is 11.0 Å². The summed E-state index contributed by atoms with van der Waals surface area (Å²) < 4.78 is 45.3. The van der Waals surface area contributed by atoms with E-state index in [1.54, 1.807) is 6.92 Å². The summed E-state index contributed by atoms with van der Waals surface area (Å²) in [6, 6.07) is 1.99. The number of amides is 1. The first-order valence-electron chi connectivity index (χ1n) is 9.06. The van der Waals surface area contributed by atoms with Gasteiger partial charge in [0.2, 0.25) is 17.5 Å². The Kier molecular flexibility index (Phi) is 4.87. The van der Waals surface area contributed by atoms with Crippen LogP contribution in [0.4, 0.5) is 19.1 Å². The lowest BCUT2D eigenvalue weighted by molar-refractivity contribution is -0.192. The van der Waals surface area contributed by atoms with E-state index >= 15 is 0 Å². The molecule has 0 spiro atoms. The lowest BCUT2D eigenvalue weighted by atomic mass is 9.86. The molecule has 3 rings (SSSR count). The molecule has 6 nitrogen and oxygen atoms in total. The van der Waals surface area contributed by atoms with Gasteiger partial charge in [-0.05, 0) is 33.1 Å². The highest BCUT2D eigenvalue weighted by Crippen LogP contribution is 2.45. The summed E-state index contributed by atoms with van der Waals surface area (Å²) in [5, 5.41) is 9.14. The van der Waals surface area contributed by atoms with Crippen LogP contribution >= 0.6 is 0 Å². The quantitative estimate of drug-likeness (QED) is 0.783. The third-order valence-corrected chi connectivity index (χ3v) is 5.80. The van der Waals surface area contributed by atoms with Crippen molar-refractivity contribution < 1.29 is 22.4 Å².